The Hall–Kier alpha value is -0.520. The fourth-order valence-electron chi connectivity index (χ4n) is 1.57. The molecule has 0 aromatic rings. The quantitative estimate of drug-likeness (QED) is 0.480. The van der Waals surface area contributed by atoms with Gasteiger partial charge in [-0.15, -0.1) is 0 Å². The molecule has 0 atom stereocenters. The van der Waals surface area contributed by atoms with Gasteiger partial charge in [-0.2, -0.15) is 0 Å². The Morgan fingerprint density at radius 1 is 0.538 bits per heavy atom. The fraction of sp³-hybridized carbons (Fsp3) is 0.615. The van der Waals surface area contributed by atoms with E-state index >= 15 is 0 Å². The Labute approximate surface area is 82.7 Å². The minimum Gasteiger partial charge on any atom is -0.0885 e. The molecule has 0 N–H and O–H groups in total. The first-order valence-electron chi connectivity index (χ1n) is 5.62. The van der Waals surface area contributed by atoms with Gasteiger partial charge in [-0.05, 0) is 51.4 Å². The third-order valence-corrected chi connectivity index (χ3v) is 2.41. The van der Waals surface area contributed by atoms with Crippen molar-refractivity contribution in [2.75, 3.05) is 0 Å². The minimum atomic E-state index is 1.17. The van der Waals surface area contributed by atoms with Gasteiger partial charge in [-0.25, -0.2) is 0 Å². The van der Waals surface area contributed by atoms with Gasteiger partial charge < -0.3 is 0 Å². The highest BCUT2D eigenvalue weighted by Gasteiger charge is 1.89. The molecular formula is C13H21. The van der Waals surface area contributed by atoms with E-state index in [9.17, 15) is 0 Å². The van der Waals surface area contributed by atoms with E-state index in [2.05, 4.69) is 30.7 Å². The Morgan fingerprint density at radius 2 is 1.15 bits per heavy atom. The Bertz CT molecular complexity index is 135. The van der Waals surface area contributed by atoms with Crippen LogP contribution in [0.15, 0.2) is 24.3 Å². The maximum Gasteiger partial charge on any atom is -0.0319 e. The second-order valence-corrected chi connectivity index (χ2v) is 3.68. The molecule has 0 spiro atoms. The molecule has 0 saturated heterocycles. The molecule has 0 saturated carbocycles. The SMILES string of the molecule is [CH]1CC=CCCCC=CCCCC1. The smallest absolute Gasteiger partial charge is 0.0319 e. The van der Waals surface area contributed by atoms with Gasteiger partial charge in [0.25, 0.3) is 0 Å². The monoisotopic (exact) mass is 177 g/mol. The Balaban J connectivity index is 2.18. The van der Waals surface area contributed by atoms with Crippen LogP contribution in [0.25, 0.3) is 0 Å². The van der Waals surface area contributed by atoms with Crippen molar-refractivity contribution >= 4 is 0 Å². The average Bonchev–Trinajstić information content (AvgIpc) is 2.18. The van der Waals surface area contributed by atoms with E-state index in [-0.39, 0.29) is 0 Å². The molecule has 1 radical (unpaired) electrons. The second kappa shape index (κ2) is 8.10. The van der Waals surface area contributed by atoms with E-state index in [0.717, 1.165) is 0 Å². The van der Waals surface area contributed by atoms with E-state index in [1.807, 2.05) is 0 Å². The summed E-state index contributed by atoms with van der Waals surface area (Å²) in [5.74, 6) is 0. The largest absolute Gasteiger partial charge is 0.0885 e. The summed E-state index contributed by atoms with van der Waals surface area (Å²) >= 11 is 0. The number of rotatable bonds is 0. The van der Waals surface area contributed by atoms with Crippen molar-refractivity contribution in [2.24, 2.45) is 0 Å². The van der Waals surface area contributed by atoms with Crippen LogP contribution in [-0.2, 0) is 0 Å². The molecule has 1 rings (SSSR count). The molecule has 1 aliphatic carbocycles. The third kappa shape index (κ3) is 6.62. The van der Waals surface area contributed by atoms with Crippen molar-refractivity contribution < 1.29 is 0 Å². The van der Waals surface area contributed by atoms with Crippen LogP contribution in [0, 0.1) is 6.42 Å². The summed E-state index contributed by atoms with van der Waals surface area (Å²) in [7, 11) is 0. The van der Waals surface area contributed by atoms with Crippen molar-refractivity contribution in [2.45, 2.75) is 51.4 Å². The molecule has 0 bridgehead atoms. The molecule has 73 valence electrons. The number of hydrogen-bond donors (Lipinski definition) is 0. The summed E-state index contributed by atoms with van der Waals surface area (Å²) in [4.78, 5) is 0. The average molecular weight is 177 g/mol. The van der Waals surface area contributed by atoms with Gasteiger partial charge in [0.1, 0.15) is 0 Å². The summed E-state index contributed by atoms with van der Waals surface area (Å²) in [5, 5.41) is 0. The first kappa shape index (κ1) is 10.6. The van der Waals surface area contributed by atoms with Crippen LogP contribution in [0.3, 0.4) is 0 Å². The van der Waals surface area contributed by atoms with E-state index in [0.29, 0.717) is 0 Å². The van der Waals surface area contributed by atoms with Gasteiger partial charge in [-0.1, -0.05) is 30.7 Å². The van der Waals surface area contributed by atoms with Crippen molar-refractivity contribution in [3.05, 3.63) is 30.7 Å². The van der Waals surface area contributed by atoms with Crippen LogP contribution in [0.2, 0.25) is 0 Å². The Kier molecular flexibility index (Phi) is 6.58. The molecule has 0 aromatic carbocycles. The van der Waals surface area contributed by atoms with E-state index in [1.54, 1.807) is 0 Å². The highest BCUT2D eigenvalue weighted by atomic mass is 14.0. The maximum atomic E-state index is 2.40. The highest BCUT2D eigenvalue weighted by Crippen LogP contribution is 2.08. The number of allylic oxidation sites excluding steroid dienone is 4. The van der Waals surface area contributed by atoms with E-state index in [1.165, 1.54) is 51.4 Å². The van der Waals surface area contributed by atoms with E-state index in [4.69, 9.17) is 0 Å². The van der Waals surface area contributed by atoms with Crippen molar-refractivity contribution in [3.63, 3.8) is 0 Å². The molecule has 0 amide bonds. The van der Waals surface area contributed by atoms with Crippen LogP contribution < -0.4 is 0 Å². The predicted octanol–water partition coefficient (Wildman–Crippen LogP) is 4.44. The lowest BCUT2D eigenvalue weighted by Crippen LogP contribution is -1.77. The van der Waals surface area contributed by atoms with Gasteiger partial charge in [0.15, 0.2) is 0 Å². The summed E-state index contributed by atoms with van der Waals surface area (Å²) in [6.45, 7) is 0. The maximum absolute atomic E-state index is 2.40. The first-order valence-corrected chi connectivity index (χ1v) is 5.62. The second-order valence-electron chi connectivity index (χ2n) is 3.68. The van der Waals surface area contributed by atoms with Crippen LogP contribution in [-0.4, -0.2) is 0 Å². The van der Waals surface area contributed by atoms with Crippen LogP contribution >= 0.6 is 0 Å². The zero-order valence-corrected chi connectivity index (χ0v) is 8.54. The number of hydrogen-bond acceptors (Lipinski definition) is 0. The van der Waals surface area contributed by atoms with Gasteiger partial charge in [-0.3, -0.25) is 0 Å². The van der Waals surface area contributed by atoms with Gasteiger partial charge in [0, 0.05) is 0 Å². The summed E-state index contributed by atoms with van der Waals surface area (Å²) in [6, 6.07) is 0. The third-order valence-electron chi connectivity index (χ3n) is 2.41. The molecule has 0 unspecified atom stereocenters. The van der Waals surface area contributed by atoms with E-state index < -0.39 is 0 Å². The zero-order chi connectivity index (χ0) is 9.19. The highest BCUT2D eigenvalue weighted by molar-refractivity contribution is 4.89. The summed E-state index contributed by atoms with van der Waals surface area (Å²) in [5.41, 5.74) is 0. The first-order chi connectivity index (χ1) is 6.50. The van der Waals surface area contributed by atoms with Crippen molar-refractivity contribution in [3.8, 4) is 0 Å². The molecule has 0 heterocycles. The predicted molar refractivity (Wildman–Crippen MR) is 59.5 cm³/mol. The molecule has 1 aliphatic rings. The van der Waals surface area contributed by atoms with Gasteiger partial charge in [0.2, 0.25) is 0 Å². The lowest BCUT2D eigenvalue weighted by atomic mass is 10.1. The molecule has 0 aliphatic heterocycles. The molecule has 0 heteroatoms. The lowest BCUT2D eigenvalue weighted by Gasteiger charge is -1.95. The fourth-order valence-corrected chi connectivity index (χ4v) is 1.57. The van der Waals surface area contributed by atoms with Crippen LogP contribution in [0.1, 0.15) is 51.4 Å². The summed E-state index contributed by atoms with van der Waals surface area (Å²) in [6.07, 6.45) is 22.0. The topological polar surface area (TPSA) is 0 Å². The minimum absolute atomic E-state index is 1.17. The molecular weight excluding hydrogens is 156 g/mol. The van der Waals surface area contributed by atoms with Gasteiger partial charge in [0.05, 0.1) is 0 Å². The molecule has 0 fully saturated rings. The Morgan fingerprint density at radius 3 is 2.00 bits per heavy atom. The molecule has 0 nitrogen and oxygen atoms in total. The zero-order valence-electron chi connectivity index (χ0n) is 8.54. The van der Waals surface area contributed by atoms with Crippen molar-refractivity contribution in [1.82, 2.24) is 0 Å². The van der Waals surface area contributed by atoms with Crippen LogP contribution in [0.5, 0.6) is 0 Å². The summed E-state index contributed by atoms with van der Waals surface area (Å²) < 4.78 is 0. The molecule has 0 aromatic heterocycles. The standard InChI is InChI=1S/C13H21/c1-2-4-6-8-10-12-13-11-9-7-5-3-1/h1-2,5,10,12H,3-4,6-9,11,13H2. The van der Waals surface area contributed by atoms with Gasteiger partial charge >= 0.3 is 0 Å². The van der Waals surface area contributed by atoms with Crippen molar-refractivity contribution in [1.29, 1.82) is 0 Å². The van der Waals surface area contributed by atoms with Crippen LogP contribution in [0.4, 0.5) is 0 Å². The lowest BCUT2D eigenvalue weighted by molar-refractivity contribution is 0.729. The normalized spacial score (nSPS) is 21.5. The molecule has 13 heavy (non-hydrogen) atoms.